The van der Waals surface area contributed by atoms with Gasteiger partial charge in [-0.05, 0) is 17.7 Å². The highest BCUT2D eigenvalue weighted by Crippen LogP contribution is 2.24. The highest BCUT2D eigenvalue weighted by atomic mass is 32.1. The fourth-order valence-corrected chi connectivity index (χ4v) is 4.11. The minimum atomic E-state index is 0.0406. The molecule has 0 aromatic heterocycles. The number of hydrogen-bond donors (Lipinski definition) is 0. The molecule has 2 aliphatic heterocycles. The molecule has 0 N–H and O–H groups in total. The molecular weight excluding hydrogens is 320 g/mol. The Bertz CT molecular complexity index is 808. The molecule has 5 heteroatoms. The van der Waals surface area contributed by atoms with E-state index in [2.05, 4.69) is 4.90 Å². The summed E-state index contributed by atoms with van der Waals surface area (Å²) in [6.07, 6.45) is 0. The van der Waals surface area contributed by atoms with Crippen molar-refractivity contribution in [3.63, 3.8) is 0 Å². The van der Waals surface area contributed by atoms with Crippen molar-refractivity contribution in [3.05, 3.63) is 66.2 Å². The molecule has 1 amide bonds. The van der Waals surface area contributed by atoms with E-state index in [0.29, 0.717) is 13.2 Å². The van der Waals surface area contributed by atoms with E-state index < -0.39 is 0 Å². The lowest BCUT2D eigenvalue weighted by atomic mass is 10.1. The number of amides is 1. The predicted octanol–water partition coefficient (Wildman–Crippen LogP) is 2.41. The Hall–Kier alpha value is -2.21. The second-order valence-electron chi connectivity index (χ2n) is 5.66. The first kappa shape index (κ1) is 15.3. The van der Waals surface area contributed by atoms with E-state index in [0.717, 1.165) is 34.3 Å². The van der Waals surface area contributed by atoms with Crippen LogP contribution in [0.4, 0.5) is 5.69 Å². The third kappa shape index (κ3) is 2.82. The molecule has 2 aliphatic rings. The van der Waals surface area contributed by atoms with Gasteiger partial charge in [0.05, 0.1) is 18.9 Å². The molecule has 0 spiro atoms. The number of benzene rings is 2. The Kier molecular flexibility index (Phi) is 4.30. The molecular formula is C19H18N2O2S. The van der Waals surface area contributed by atoms with Gasteiger partial charge in [-0.25, -0.2) is 4.90 Å². The van der Waals surface area contributed by atoms with E-state index in [9.17, 15) is 4.79 Å². The number of para-hydroxylation sites is 1. The molecule has 0 atom stereocenters. The van der Waals surface area contributed by atoms with Crippen molar-refractivity contribution < 1.29 is 9.53 Å². The van der Waals surface area contributed by atoms with Gasteiger partial charge in [0.2, 0.25) is 0 Å². The minimum Gasteiger partial charge on any atom is -0.379 e. The van der Waals surface area contributed by atoms with Crippen LogP contribution in [0.1, 0.15) is 5.56 Å². The van der Waals surface area contributed by atoms with Crippen LogP contribution in [0.5, 0.6) is 0 Å². The maximum atomic E-state index is 13.1. The number of anilines is 1. The lowest BCUT2D eigenvalue weighted by Crippen LogP contribution is -2.49. The molecule has 122 valence electrons. The SMILES string of the molecule is O=C1C(c2ccccc2)=S=C(N2CCOCC2)N1c1ccccc1. The summed E-state index contributed by atoms with van der Waals surface area (Å²) in [5.74, 6) is 0.0406. The van der Waals surface area contributed by atoms with Crippen molar-refractivity contribution >= 4 is 32.5 Å². The van der Waals surface area contributed by atoms with Gasteiger partial charge >= 0.3 is 0 Å². The summed E-state index contributed by atoms with van der Waals surface area (Å²) in [6.45, 7) is 3.01. The summed E-state index contributed by atoms with van der Waals surface area (Å²) in [5, 5.41) is 0.980. The molecule has 0 radical (unpaired) electrons. The van der Waals surface area contributed by atoms with Crippen LogP contribution in [0.2, 0.25) is 0 Å². The Morgan fingerprint density at radius 1 is 0.875 bits per heavy atom. The number of nitrogens with zero attached hydrogens (tertiary/aromatic N) is 2. The quantitative estimate of drug-likeness (QED) is 0.789. The number of ether oxygens (including phenoxy) is 1. The van der Waals surface area contributed by atoms with E-state index >= 15 is 0 Å². The maximum absolute atomic E-state index is 13.1. The van der Waals surface area contributed by atoms with Gasteiger partial charge in [0, 0.05) is 13.1 Å². The maximum Gasteiger partial charge on any atom is 0.275 e. The topological polar surface area (TPSA) is 32.8 Å². The normalized spacial score (nSPS) is 18.8. The van der Waals surface area contributed by atoms with E-state index in [1.54, 1.807) is 10.9 Å². The van der Waals surface area contributed by atoms with Crippen LogP contribution in [-0.4, -0.2) is 47.1 Å². The molecule has 24 heavy (non-hydrogen) atoms. The third-order valence-electron chi connectivity index (χ3n) is 4.11. The van der Waals surface area contributed by atoms with Crippen LogP contribution < -0.4 is 4.90 Å². The van der Waals surface area contributed by atoms with Gasteiger partial charge in [-0.15, -0.1) is 0 Å². The van der Waals surface area contributed by atoms with Crippen molar-refractivity contribution in [1.29, 1.82) is 0 Å². The van der Waals surface area contributed by atoms with Crippen LogP contribution in [-0.2, 0) is 9.53 Å². The van der Waals surface area contributed by atoms with E-state index in [1.807, 2.05) is 65.6 Å². The fourth-order valence-electron chi connectivity index (χ4n) is 2.91. The number of carbonyl (C=O) groups is 1. The van der Waals surface area contributed by atoms with E-state index in [1.165, 1.54) is 0 Å². The Morgan fingerprint density at radius 3 is 2.17 bits per heavy atom. The van der Waals surface area contributed by atoms with Crippen molar-refractivity contribution in [2.45, 2.75) is 0 Å². The highest BCUT2D eigenvalue weighted by Gasteiger charge is 2.33. The standard InChI is InChI=1S/C19H18N2O2S/c22-18-17(15-7-3-1-4-8-15)24-19(20-11-13-23-14-12-20)21(18)16-9-5-2-6-10-16/h1-10H,11-14H2. The number of hydrogen-bond acceptors (Lipinski definition) is 3. The number of carbonyl (C=O) groups excluding carboxylic acids is 1. The van der Waals surface area contributed by atoms with Gasteiger partial charge in [0.15, 0.2) is 5.11 Å². The van der Waals surface area contributed by atoms with Crippen molar-refractivity contribution in [2.75, 3.05) is 31.2 Å². The van der Waals surface area contributed by atoms with Crippen molar-refractivity contribution in [2.24, 2.45) is 0 Å². The average molecular weight is 338 g/mol. The predicted molar refractivity (Wildman–Crippen MR) is 99.5 cm³/mol. The monoisotopic (exact) mass is 338 g/mol. The molecule has 4 nitrogen and oxygen atoms in total. The summed E-state index contributed by atoms with van der Waals surface area (Å²) in [4.78, 5) is 18.0. The molecule has 0 bridgehead atoms. The summed E-state index contributed by atoms with van der Waals surface area (Å²) in [6, 6.07) is 19.7. The van der Waals surface area contributed by atoms with Gasteiger partial charge in [-0.1, -0.05) is 59.5 Å². The first-order chi connectivity index (χ1) is 11.8. The molecule has 0 aliphatic carbocycles. The van der Waals surface area contributed by atoms with Crippen LogP contribution in [0.15, 0.2) is 60.7 Å². The van der Waals surface area contributed by atoms with Crippen LogP contribution >= 0.6 is 10.9 Å². The zero-order valence-corrected chi connectivity index (χ0v) is 14.0. The summed E-state index contributed by atoms with van der Waals surface area (Å²) in [5.41, 5.74) is 1.87. The van der Waals surface area contributed by atoms with E-state index in [-0.39, 0.29) is 5.91 Å². The van der Waals surface area contributed by atoms with Gasteiger partial charge in [-0.2, -0.15) is 0 Å². The number of morpholine rings is 1. The zero-order valence-electron chi connectivity index (χ0n) is 13.2. The smallest absolute Gasteiger partial charge is 0.275 e. The number of rotatable bonds is 2. The Labute approximate surface area is 144 Å². The zero-order chi connectivity index (χ0) is 16.4. The van der Waals surface area contributed by atoms with Crippen LogP contribution in [0, 0.1) is 0 Å². The van der Waals surface area contributed by atoms with Gasteiger partial charge < -0.3 is 4.74 Å². The average Bonchev–Trinajstić information content (AvgIpc) is 3.01. The van der Waals surface area contributed by atoms with Gasteiger partial charge in [-0.3, -0.25) is 9.69 Å². The molecule has 4 rings (SSSR count). The molecule has 1 fully saturated rings. The molecule has 0 saturated carbocycles. The first-order valence-electron chi connectivity index (χ1n) is 8.04. The largest absolute Gasteiger partial charge is 0.379 e. The van der Waals surface area contributed by atoms with E-state index in [4.69, 9.17) is 4.74 Å². The Balaban J connectivity index is 1.79. The summed E-state index contributed by atoms with van der Waals surface area (Å²) in [7, 11) is 1.56. The van der Waals surface area contributed by atoms with Crippen LogP contribution in [0.25, 0.3) is 0 Å². The van der Waals surface area contributed by atoms with Crippen molar-refractivity contribution in [3.8, 4) is 0 Å². The molecule has 1 saturated heterocycles. The second-order valence-corrected chi connectivity index (χ2v) is 6.63. The van der Waals surface area contributed by atoms with Crippen LogP contribution in [0.3, 0.4) is 0 Å². The molecule has 0 unspecified atom stereocenters. The molecule has 2 heterocycles. The molecule has 2 aromatic rings. The summed E-state index contributed by atoms with van der Waals surface area (Å²) >= 11 is 0. The third-order valence-corrected chi connectivity index (χ3v) is 5.35. The molecule has 2 aromatic carbocycles. The van der Waals surface area contributed by atoms with Gasteiger partial charge in [0.1, 0.15) is 4.86 Å². The lowest BCUT2D eigenvalue weighted by Gasteiger charge is -2.31. The second kappa shape index (κ2) is 6.73. The lowest BCUT2D eigenvalue weighted by molar-refractivity contribution is -0.111. The first-order valence-corrected chi connectivity index (χ1v) is 8.85. The Morgan fingerprint density at radius 2 is 1.50 bits per heavy atom. The fraction of sp³-hybridized carbons (Fsp3) is 0.211. The minimum absolute atomic E-state index is 0.0406. The summed E-state index contributed by atoms with van der Waals surface area (Å²) < 4.78 is 5.46. The highest BCUT2D eigenvalue weighted by molar-refractivity contribution is 8.01. The van der Waals surface area contributed by atoms with Crippen molar-refractivity contribution in [1.82, 2.24) is 4.90 Å². The van der Waals surface area contributed by atoms with Gasteiger partial charge in [0.25, 0.3) is 5.91 Å².